The third-order valence-corrected chi connectivity index (χ3v) is 6.65. The fraction of sp³-hybridized carbons (Fsp3) is 0.381. The van der Waals surface area contributed by atoms with E-state index in [-0.39, 0.29) is 35.4 Å². The Balaban J connectivity index is 1.61. The van der Waals surface area contributed by atoms with Gasteiger partial charge in [-0.1, -0.05) is 6.07 Å². The van der Waals surface area contributed by atoms with Gasteiger partial charge >= 0.3 is 0 Å². The van der Waals surface area contributed by atoms with E-state index in [1.807, 2.05) is 20.8 Å². The maximum Gasteiger partial charge on any atom is 0.243 e. The molecule has 2 N–H and O–H groups in total. The van der Waals surface area contributed by atoms with Crippen molar-refractivity contribution in [2.75, 3.05) is 30.3 Å². The van der Waals surface area contributed by atoms with Crippen molar-refractivity contribution in [3.63, 3.8) is 0 Å². The largest absolute Gasteiger partial charge is 0.376 e. The van der Waals surface area contributed by atoms with Gasteiger partial charge in [0.05, 0.1) is 23.6 Å². The van der Waals surface area contributed by atoms with Crippen LogP contribution in [0.15, 0.2) is 47.4 Å². The summed E-state index contributed by atoms with van der Waals surface area (Å²) in [4.78, 5) is 12.3. The van der Waals surface area contributed by atoms with Crippen molar-refractivity contribution in [3.8, 4) is 0 Å². The highest BCUT2D eigenvalue weighted by molar-refractivity contribution is 7.89. The van der Waals surface area contributed by atoms with Crippen molar-refractivity contribution < 1.29 is 22.3 Å². The molecule has 2 atom stereocenters. The van der Waals surface area contributed by atoms with Gasteiger partial charge in [-0.3, -0.25) is 4.79 Å². The lowest BCUT2D eigenvalue weighted by Gasteiger charge is -2.34. The molecule has 2 aromatic rings. The number of amides is 1. The lowest BCUT2D eigenvalue weighted by molar-refractivity contribution is -0.114. The van der Waals surface area contributed by atoms with E-state index >= 15 is 0 Å². The van der Waals surface area contributed by atoms with Gasteiger partial charge in [0.25, 0.3) is 0 Å². The zero-order valence-corrected chi connectivity index (χ0v) is 18.0. The third-order valence-electron chi connectivity index (χ3n) is 4.80. The lowest BCUT2D eigenvalue weighted by atomic mass is 10.2. The fourth-order valence-corrected chi connectivity index (χ4v) is 4.94. The smallest absolute Gasteiger partial charge is 0.243 e. The number of anilines is 2. The van der Waals surface area contributed by atoms with E-state index in [1.54, 1.807) is 18.2 Å². The van der Waals surface area contributed by atoms with E-state index in [1.165, 1.54) is 28.6 Å². The Morgan fingerprint density at radius 1 is 1.13 bits per heavy atom. The van der Waals surface area contributed by atoms with Gasteiger partial charge in [-0.25, -0.2) is 12.8 Å². The molecule has 0 spiro atoms. The first-order chi connectivity index (χ1) is 14.1. The molecule has 2 aromatic carbocycles. The van der Waals surface area contributed by atoms with Crippen LogP contribution in [-0.2, 0) is 19.6 Å². The summed E-state index contributed by atoms with van der Waals surface area (Å²) in [7, 11) is -3.64. The van der Waals surface area contributed by atoms with Crippen LogP contribution in [0.25, 0.3) is 0 Å². The molecule has 7 nitrogen and oxygen atoms in total. The summed E-state index contributed by atoms with van der Waals surface area (Å²) in [6, 6.07) is 10.4. The highest BCUT2D eigenvalue weighted by atomic mass is 32.2. The number of carbonyl (C=O) groups excluding carboxylic acids is 1. The average Bonchev–Trinajstić information content (AvgIpc) is 2.68. The van der Waals surface area contributed by atoms with E-state index < -0.39 is 10.0 Å². The van der Waals surface area contributed by atoms with Crippen molar-refractivity contribution in [3.05, 3.63) is 53.8 Å². The first kappa shape index (κ1) is 22.2. The summed E-state index contributed by atoms with van der Waals surface area (Å²) in [5.41, 5.74) is 1.84. The molecular formula is C21H26FN3O4S. The van der Waals surface area contributed by atoms with Crippen molar-refractivity contribution in [2.45, 2.75) is 37.9 Å². The molecule has 1 aliphatic rings. The van der Waals surface area contributed by atoms with Crippen molar-refractivity contribution in [1.29, 1.82) is 0 Å². The molecule has 0 aliphatic carbocycles. The van der Waals surface area contributed by atoms with Crippen LogP contribution in [0, 0.1) is 12.7 Å². The summed E-state index contributed by atoms with van der Waals surface area (Å²) in [5.74, 6) is -0.713. The molecule has 1 amide bonds. The second kappa shape index (κ2) is 9.11. The second-order valence-electron chi connectivity index (χ2n) is 7.46. The van der Waals surface area contributed by atoms with Crippen molar-refractivity contribution >= 4 is 27.3 Å². The van der Waals surface area contributed by atoms with Gasteiger partial charge in [-0.2, -0.15) is 4.31 Å². The topological polar surface area (TPSA) is 87.7 Å². The number of carbonyl (C=O) groups is 1. The van der Waals surface area contributed by atoms with Gasteiger partial charge in [0.1, 0.15) is 5.82 Å². The van der Waals surface area contributed by atoms with Crippen molar-refractivity contribution in [1.82, 2.24) is 4.31 Å². The van der Waals surface area contributed by atoms with Crippen LogP contribution in [0.5, 0.6) is 0 Å². The van der Waals surface area contributed by atoms with Crippen LogP contribution in [0.4, 0.5) is 15.8 Å². The summed E-state index contributed by atoms with van der Waals surface area (Å²) in [6.45, 7) is 6.06. The molecule has 0 bridgehead atoms. The van der Waals surface area contributed by atoms with E-state index in [4.69, 9.17) is 4.74 Å². The highest BCUT2D eigenvalue weighted by Gasteiger charge is 2.32. The number of nitrogens with one attached hydrogen (secondary N) is 2. The number of morpholine rings is 1. The molecule has 1 saturated heterocycles. The number of aryl methyl sites for hydroxylation is 1. The standard InChI is InChI=1S/C21H26FN3O4S/c1-14-4-5-17(22)10-20(14)23-11-21(26)24-18-6-8-19(9-7-18)30(27,28)25-12-15(2)29-16(3)13-25/h4-10,15-16,23H,11-13H2,1-3H3,(H,24,26). The van der Waals surface area contributed by atoms with Crippen molar-refractivity contribution in [2.24, 2.45) is 0 Å². The molecule has 3 rings (SSSR count). The Bertz CT molecular complexity index is 1000. The summed E-state index contributed by atoms with van der Waals surface area (Å²) in [5, 5.41) is 5.59. The van der Waals surface area contributed by atoms with Gasteiger partial charge in [0.15, 0.2) is 0 Å². The zero-order chi connectivity index (χ0) is 21.9. The molecule has 30 heavy (non-hydrogen) atoms. The normalized spacial score (nSPS) is 20.0. The van der Waals surface area contributed by atoms with Gasteiger partial charge in [0, 0.05) is 24.5 Å². The van der Waals surface area contributed by atoms with Crippen LogP contribution in [0.2, 0.25) is 0 Å². The maximum atomic E-state index is 13.3. The monoisotopic (exact) mass is 435 g/mol. The number of nitrogens with zero attached hydrogens (tertiary/aromatic N) is 1. The number of hydrogen-bond acceptors (Lipinski definition) is 5. The first-order valence-corrected chi connectivity index (χ1v) is 11.1. The quantitative estimate of drug-likeness (QED) is 0.728. The molecule has 0 aromatic heterocycles. The van der Waals surface area contributed by atoms with Crippen LogP contribution >= 0.6 is 0 Å². The van der Waals surface area contributed by atoms with Crippen LogP contribution in [-0.4, -0.2) is 50.5 Å². The van der Waals surface area contributed by atoms with Gasteiger partial charge in [-0.15, -0.1) is 0 Å². The van der Waals surface area contributed by atoms with Crippen LogP contribution in [0.1, 0.15) is 19.4 Å². The molecule has 1 heterocycles. The Morgan fingerprint density at radius 2 is 1.77 bits per heavy atom. The Kier molecular flexibility index (Phi) is 6.74. The number of ether oxygens (including phenoxy) is 1. The predicted molar refractivity (Wildman–Crippen MR) is 113 cm³/mol. The van der Waals surface area contributed by atoms with Gasteiger partial charge in [0.2, 0.25) is 15.9 Å². The number of benzene rings is 2. The average molecular weight is 436 g/mol. The number of halogens is 1. The molecule has 0 radical (unpaired) electrons. The first-order valence-electron chi connectivity index (χ1n) is 9.70. The minimum atomic E-state index is -3.64. The molecular weight excluding hydrogens is 409 g/mol. The summed E-state index contributed by atoms with van der Waals surface area (Å²) in [6.07, 6.45) is -0.340. The van der Waals surface area contributed by atoms with Crippen LogP contribution in [0.3, 0.4) is 0 Å². The zero-order valence-electron chi connectivity index (χ0n) is 17.2. The van der Waals surface area contributed by atoms with E-state index in [0.717, 1.165) is 5.56 Å². The Labute approximate surface area is 176 Å². The lowest BCUT2D eigenvalue weighted by Crippen LogP contribution is -2.48. The van der Waals surface area contributed by atoms with Gasteiger partial charge in [-0.05, 0) is 62.7 Å². The van der Waals surface area contributed by atoms with E-state index in [0.29, 0.717) is 24.5 Å². The minimum absolute atomic E-state index is 0.0477. The SMILES string of the molecule is Cc1ccc(F)cc1NCC(=O)Nc1ccc(S(=O)(=O)N2CC(C)OC(C)C2)cc1. The maximum absolute atomic E-state index is 13.3. The van der Waals surface area contributed by atoms with Crippen LogP contribution < -0.4 is 10.6 Å². The second-order valence-corrected chi connectivity index (χ2v) is 9.40. The summed E-state index contributed by atoms with van der Waals surface area (Å²) < 4.78 is 46.1. The fourth-order valence-electron chi connectivity index (χ4n) is 3.35. The molecule has 2 unspecified atom stereocenters. The minimum Gasteiger partial charge on any atom is -0.376 e. The Hall–Kier alpha value is -2.49. The third kappa shape index (κ3) is 5.35. The molecule has 0 saturated carbocycles. The molecule has 162 valence electrons. The number of sulfonamides is 1. The van der Waals surface area contributed by atoms with E-state index in [2.05, 4.69) is 10.6 Å². The highest BCUT2D eigenvalue weighted by Crippen LogP contribution is 2.22. The molecule has 1 aliphatic heterocycles. The van der Waals surface area contributed by atoms with Gasteiger partial charge < -0.3 is 15.4 Å². The molecule has 1 fully saturated rings. The Morgan fingerprint density at radius 3 is 2.40 bits per heavy atom. The predicted octanol–water partition coefficient (Wildman–Crippen LogP) is 2.98. The molecule has 9 heteroatoms. The number of hydrogen-bond donors (Lipinski definition) is 2. The number of rotatable bonds is 6. The summed E-state index contributed by atoms with van der Waals surface area (Å²) >= 11 is 0. The van der Waals surface area contributed by atoms with E-state index in [9.17, 15) is 17.6 Å².